The van der Waals surface area contributed by atoms with Crippen molar-refractivity contribution in [1.82, 2.24) is 10.5 Å². The SMILES string of the molecule is O=C(NOC1CCCCO1)c1ncc2c(c1CCO)C=C/C2=C\c1ccc(F)cc1. The number of hydroxylamine groups is 1. The van der Waals surface area contributed by atoms with Crippen molar-refractivity contribution in [2.75, 3.05) is 13.2 Å². The monoisotopic (exact) mass is 410 g/mol. The molecule has 2 aliphatic rings. The average molecular weight is 410 g/mol. The first kappa shape index (κ1) is 20.4. The molecule has 1 aliphatic heterocycles. The molecule has 1 saturated heterocycles. The lowest BCUT2D eigenvalue weighted by atomic mass is 9.98. The predicted octanol–water partition coefficient (Wildman–Crippen LogP) is 3.51. The number of amides is 1. The van der Waals surface area contributed by atoms with Crippen molar-refractivity contribution in [2.24, 2.45) is 0 Å². The third-order valence-corrected chi connectivity index (χ3v) is 5.15. The van der Waals surface area contributed by atoms with Crippen LogP contribution in [-0.4, -0.2) is 35.5 Å². The largest absolute Gasteiger partial charge is 0.396 e. The number of nitrogens with zero attached hydrogens (tertiary/aromatic N) is 1. The molecule has 6 nitrogen and oxygen atoms in total. The second-order valence-electron chi connectivity index (χ2n) is 7.22. The fourth-order valence-electron chi connectivity index (χ4n) is 3.65. The van der Waals surface area contributed by atoms with Gasteiger partial charge in [0.05, 0.1) is 0 Å². The Morgan fingerprint density at radius 3 is 2.87 bits per heavy atom. The Morgan fingerprint density at radius 2 is 2.13 bits per heavy atom. The average Bonchev–Trinajstić information content (AvgIpc) is 3.18. The van der Waals surface area contributed by atoms with Crippen LogP contribution in [0.5, 0.6) is 0 Å². The van der Waals surface area contributed by atoms with Crippen LogP contribution in [0.3, 0.4) is 0 Å². The highest BCUT2D eigenvalue weighted by Crippen LogP contribution is 2.34. The van der Waals surface area contributed by atoms with E-state index in [2.05, 4.69) is 10.5 Å². The highest BCUT2D eigenvalue weighted by Gasteiger charge is 2.23. The van der Waals surface area contributed by atoms with E-state index in [0.717, 1.165) is 41.5 Å². The van der Waals surface area contributed by atoms with Gasteiger partial charge in [-0.1, -0.05) is 24.3 Å². The fraction of sp³-hybridized carbons (Fsp3) is 0.304. The number of pyridine rings is 1. The summed E-state index contributed by atoms with van der Waals surface area (Å²) in [5.41, 5.74) is 6.76. The molecule has 1 atom stereocenters. The van der Waals surface area contributed by atoms with E-state index in [1.54, 1.807) is 18.3 Å². The van der Waals surface area contributed by atoms with E-state index in [1.165, 1.54) is 12.1 Å². The number of rotatable bonds is 6. The van der Waals surface area contributed by atoms with Crippen LogP contribution in [0, 0.1) is 5.82 Å². The van der Waals surface area contributed by atoms with E-state index in [9.17, 15) is 14.3 Å². The molecule has 30 heavy (non-hydrogen) atoms. The number of aliphatic hydroxyl groups excluding tert-OH is 1. The zero-order chi connectivity index (χ0) is 20.9. The Labute approximate surface area is 174 Å². The van der Waals surface area contributed by atoms with Gasteiger partial charge in [-0.3, -0.25) is 9.78 Å². The first-order valence-electron chi connectivity index (χ1n) is 10.0. The number of fused-ring (bicyclic) bond motifs is 1. The zero-order valence-electron chi connectivity index (χ0n) is 16.4. The first-order chi connectivity index (χ1) is 14.7. The van der Waals surface area contributed by atoms with E-state index in [-0.39, 0.29) is 24.5 Å². The lowest BCUT2D eigenvalue weighted by Crippen LogP contribution is -2.34. The minimum atomic E-state index is -0.472. The van der Waals surface area contributed by atoms with Crippen molar-refractivity contribution in [3.05, 3.63) is 70.3 Å². The van der Waals surface area contributed by atoms with Gasteiger partial charge in [-0.15, -0.1) is 0 Å². The predicted molar refractivity (Wildman–Crippen MR) is 110 cm³/mol. The van der Waals surface area contributed by atoms with E-state index in [0.29, 0.717) is 12.2 Å². The molecule has 1 amide bonds. The number of aliphatic hydroxyl groups is 1. The van der Waals surface area contributed by atoms with Crippen molar-refractivity contribution >= 4 is 23.6 Å². The lowest BCUT2D eigenvalue weighted by molar-refractivity contribution is -0.186. The molecule has 1 aromatic heterocycles. The number of halogens is 1. The molecule has 0 saturated carbocycles. The number of ether oxygens (including phenoxy) is 1. The fourth-order valence-corrected chi connectivity index (χ4v) is 3.65. The second-order valence-corrected chi connectivity index (χ2v) is 7.22. The summed E-state index contributed by atoms with van der Waals surface area (Å²) in [6.07, 6.45) is 9.91. The van der Waals surface area contributed by atoms with Crippen LogP contribution >= 0.6 is 0 Å². The van der Waals surface area contributed by atoms with Crippen LogP contribution in [0.25, 0.3) is 17.7 Å². The number of nitrogens with one attached hydrogen (secondary N) is 1. The molecule has 0 spiro atoms. The molecule has 0 bridgehead atoms. The number of carbonyl (C=O) groups is 1. The molecule has 1 aliphatic carbocycles. The summed E-state index contributed by atoms with van der Waals surface area (Å²) < 4.78 is 18.6. The third-order valence-electron chi connectivity index (χ3n) is 5.15. The summed E-state index contributed by atoms with van der Waals surface area (Å²) in [4.78, 5) is 22.4. The van der Waals surface area contributed by atoms with Crippen molar-refractivity contribution in [2.45, 2.75) is 32.0 Å². The van der Waals surface area contributed by atoms with Gasteiger partial charge in [0.15, 0.2) is 6.29 Å². The van der Waals surface area contributed by atoms with Gasteiger partial charge in [-0.05, 0) is 59.7 Å². The minimum Gasteiger partial charge on any atom is -0.396 e. The molecule has 1 unspecified atom stereocenters. The Morgan fingerprint density at radius 1 is 1.30 bits per heavy atom. The standard InChI is InChI=1S/C23H23FN2O4/c24-17-7-4-15(5-8-17)13-16-6-9-18-19(10-11-27)22(25-14-20(16)18)23(28)26-30-21-3-1-2-12-29-21/h4-9,13-14,21,27H,1-3,10-12H2,(H,26,28)/b16-13+. The number of hydrogen-bond donors (Lipinski definition) is 2. The van der Waals surface area contributed by atoms with E-state index in [4.69, 9.17) is 9.57 Å². The number of hydrogen-bond acceptors (Lipinski definition) is 5. The van der Waals surface area contributed by atoms with Gasteiger partial charge in [-0.25, -0.2) is 14.7 Å². The maximum Gasteiger partial charge on any atom is 0.293 e. The normalized spacial score (nSPS) is 19.1. The van der Waals surface area contributed by atoms with Gasteiger partial charge in [0.1, 0.15) is 11.5 Å². The lowest BCUT2D eigenvalue weighted by Gasteiger charge is -2.22. The Bertz CT molecular complexity index is 979. The van der Waals surface area contributed by atoms with Gasteiger partial charge in [0.25, 0.3) is 5.91 Å². The maximum absolute atomic E-state index is 13.2. The van der Waals surface area contributed by atoms with Crippen molar-refractivity contribution in [3.63, 3.8) is 0 Å². The summed E-state index contributed by atoms with van der Waals surface area (Å²) in [7, 11) is 0. The number of aromatic nitrogens is 1. The molecule has 1 fully saturated rings. The van der Waals surface area contributed by atoms with E-state index >= 15 is 0 Å². The van der Waals surface area contributed by atoms with Gasteiger partial charge in [-0.2, -0.15) is 0 Å². The summed E-state index contributed by atoms with van der Waals surface area (Å²) in [5.74, 6) is -0.761. The van der Waals surface area contributed by atoms with Crippen molar-refractivity contribution < 1.29 is 23.9 Å². The summed E-state index contributed by atoms with van der Waals surface area (Å²) >= 11 is 0. The summed E-state index contributed by atoms with van der Waals surface area (Å²) in [5, 5.41) is 9.53. The smallest absolute Gasteiger partial charge is 0.293 e. The zero-order valence-corrected chi connectivity index (χ0v) is 16.4. The van der Waals surface area contributed by atoms with Crippen LogP contribution in [0.4, 0.5) is 4.39 Å². The van der Waals surface area contributed by atoms with Crippen LogP contribution < -0.4 is 5.48 Å². The molecule has 0 radical (unpaired) electrons. The molecule has 2 aromatic rings. The number of benzene rings is 1. The first-order valence-corrected chi connectivity index (χ1v) is 10.0. The number of allylic oxidation sites excluding steroid dienone is 2. The molecule has 7 heteroatoms. The van der Waals surface area contributed by atoms with Crippen molar-refractivity contribution in [1.29, 1.82) is 0 Å². The molecule has 156 valence electrons. The van der Waals surface area contributed by atoms with Crippen LogP contribution in [0.2, 0.25) is 0 Å². The maximum atomic E-state index is 13.2. The molecular weight excluding hydrogens is 387 g/mol. The third kappa shape index (κ3) is 4.48. The highest BCUT2D eigenvalue weighted by atomic mass is 19.1. The molecule has 2 heterocycles. The Balaban J connectivity index is 1.57. The van der Waals surface area contributed by atoms with E-state index in [1.807, 2.05) is 18.2 Å². The molecule has 4 rings (SSSR count). The second kappa shape index (κ2) is 9.30. The molecular formula is C23H23FN2O4. The Kier molecular flexibility index (Phi) is 6.32. The topological polar surface area (TPSA) is 80.7 Å². The van der Waals surface area contributed by atoms with Gasteiger partial charge in [0.2, 0.25) is 0 Å². The van der Waals surface area contributed by atoms with E-state index < -0.39 is 12.2 Å². The highest BCUT2D eigenvalue weighted by molar-refractivity contribution is 6.01. The van der Waals surface area contributed by atoms with Crippen LogP contribution in [0.1, 0.15) is 52.0 Å². The summed E-state index contributed by atoms with van der Waals surface area (Å²) in [6, 6.07) is 6.21. The van der Waals surface area contributed by atoms with Crippen LogP contribution in [0.15, 0.2) is 36.5 Å². The van der Waals surface area contributed by atoms with Gasteiger partial charge >= 0.3 is 0 Å². The summed E-state index contributed by atoms with van der Waals surface area (Å²) in [6.45, 7) is 0.497. The molecule has 1 aromatic carbocycles. The Hall–Kier alpha value is -2.87. The number of carbonyl (C=O) groups excluding carboxylic acids is 1. The van der Waals surface area contributed by atoms with Gasteiger partial charge in [0, 0.05) is 31.4 Å². The van der Waals surface area contributed by atoms with Crippen LogP contribution in [-0.2, 0) is 16.0 Å². The van der Waals surface area contributed by atoms with Gasteiger partial charge < -0.3 is 9.84 Å². The molecule has 2 N–H and O–H groups in total. The quantitative estimate of drug-likeness (QED) is 0.713. The minimum absolute atomic E-state index is 0.115. The van der Waals surface area contributed by atoms with Crippen molar-refractivity contribution in [3.8, 4) is 0 Å².